The predicted molar refractivity (Wildman–Crippen MR) is 69.7 cm³/mol. The molecule has 1 heterocycles. The number of esters is 1. The van der Waals surface area contributed by atoms with Gasteiger partial charge in [-0.3, -0.25) is 4.79 Å². The number of likely N-dealkylation sites (tertiary alicyclic amines) is 1. The van der Waals surface area contributed by atoms with Gasteiger partial charge in [0.2, 0.25) is 5.91 Å². The topological polar surface area (TPSA) is 46.6 Å². The van der Waals surface area contributed by atoms with Crippen molar-refractivity contribution in [3.63, 3.8) is 0 Å². The highest BCUT2D eigenvalue weighted by Gasteiger charge is 2.47. The highest BCUT2D eigenvalue weighted by atomic mass is 16.6. The van der Waals surface area contributed by atoms with Crippen LogP contribution in [0.15, 0.2) is 12.3 Å². The van der Waals surface area contributed by atoms with Crippen molar-refractivity contribution in [3.8, 4) is 0 Å². The first kappa shape index (κ1) is 14.7. The van der Waals surface area contributed by atoms with Gasteiger partial charge in [-0.1, -0.05) is 20.4 Å². The Hall–Kier alpha value is -1.32. The van der Waals surface area contributed by atoms with Crippen molar-refractivity contribution in [2.75, 3.05) is 0 Å². The Balaban J connectivity index is 2.98. The molecule has 1 atom stereocenters. The summed E-state index contributed by atoms with van der Waals surface area (Å²) in [4.78, 5) is 25.3. The summed E-state index contributed by atoms with van der Waals surface area (Å²) in [6.07, 6.45) is 0.556. The molecule has 1 aliphatic heterocycles. The SMILES string of the molecule is C=C1N(C(C)=O)[C@H](C(=O)OC(C)(C)C)CC1(C)C. The molecular weight excluding hydrogens is 230 g/mol. The number of carbonyl (C=O) groups is 2. The first-order chi connectivity index (χ1) is 7.96. The maximum atomic E-state index is 12.2. The van der Waals surface area contributed by atoms with Crippen LogP contribution in [0.1, 0.15) is 48.0 Å². The molecule has 18 heavy (non-hydrogen) atoms. The fraction of sp³-hybridized carbons (Fsp3) is 0.714. The number of carbonyl (C=O) groups excluding carboxylic acids is 2. The fourth-order valence-electron chi connectivity index (χ4n) is 2.17. The van der Waals surface area contributed by atoms with E-state index in [2.05, 4.69) is 6.58 Å². The van der Waals surface area contributed by atoms with Crippen LogP contribution < -0.4 is 0 Å². The molecule has 1 amide bonds. The van der Waals surface area contributed by atoms with Gasteiger partial charge < -0.3 is 9.64 Å². The van der Waals surface area contributed by atoms with Gasteiger partial charge >= 0.3 is 5.97 Å². The molecule has 0 aromatic heterocycles. The van der Waals surface area contributed by atoms with Crippen LogP contribution in [0.2, 0.25) is 0 Å². The lowest BCUT2D eigenvalue weighted by Crippen LogP contribution is -2.41. The number of ether oxygens (including phenoxy) is 1. The molecule has 0 saturated carbocycles. The van der Waals surface area contributed by atoms with Crippen LogP contribution in [-0.4, -0.2) is 28.4 Å². The largest absolute Gasteiger partial charge is 0.458 e. The van der Waals surface area contributed by atoms with Crippen molar-refractivity contribution in [2.24, 2.45) is 5.41 Å². The zero-order valence-corrected chi connectivity index (χ0v) is 12.2. The first-order valence-corrected chi connectivity index (χ1v) is 6.18. The van der Waals surface area contributed by atoms with Gasteiger partial charge in [0.15, 0.2) is 0 Å². The molecule has 0 aromatic carbocycles. The van der Waals surface area contributed by atoms with E-state index in [1.807, 2.05) is 34.6 Å². The van der Waals surface area contributed by atoms with E-state index < -0.39 is 11.6 Å². The van der Waals surface area contributed by atoms with Gasteiger partial charge in [-0.05, 0) is 27.2 Å². The predicted octanol–water partition coefficient (Wildman–Crippen LogP) is 2.49. The lowest BCUT2D eigenvalue weighted by Gasteiger charge is -2.27. The second-order valence-corrected chi connectivity index (χ2v) is 6.47. The van der Waals surface area contributed by atoms with E-state index in [0.29, 0.717) is 12.1 Å². The van der Waals surface area contributed by atoms with E-state index in [0.717, 1.165) is 0 Å². The number of rotatable bonds is 1. The van der Waals surface area contributed by atoms with Gasteiger partial charge in [-0.25, -0.2) is 4.79 Å². The van der Waals surface area contributed by atoms with Crippen molar-refractivity contribution in [2.45, 2.75) is 59.6 Å². The third-order valence-corrected chi connectivity index (χ3v) is 3.11. The second kappa shape index (κ2) is 4.41. The van der Waals surface area contributed by atoms with Gasteiger partial charge in [0, 0.05) is 18.0 Å². The van der Waals surface area contributed by atoms with Crippen molar-refractivity contribution in [3.05, 3.63) is 12.3 Å². The smallest absolute Gasteiger partial charge is 0.329 e. The third kappa shape index (κ3) is 2.92. The van der Waals surface area contributed by atoms with Crippen molar-refractivity contribution in [1.29, 1.82) is 0 Å². The zero-order valence-electron chi connectivity index (χ0n) is 12.2. The maximum absolute atomic E-state index is 12.2. The van der Waals surface area contributed by atoms with Gasteiger partial charge in [-0.2, -0.15) is 0 Å². The average Bonchev–Trinajstić information content (AvgIpc) is 2.35. The second-order valence-electron chi connectivity index (χ2n) is 6.47. The van der Waals surface area contributed by atoms with E-state index in [-0.39, 0.29) is 17.3 Å². The van der Waals surface area contributed by atoms with Crippen molar-refractivity contribution >= 4 is 11.9 Å². The summed E-state index contributed by atoms with van der Waals surface area (Å²) >= 11 is 0. The van der Waals surface area contributed by atoms with E-state index in [4.69, 9.17) is 4.74 Å². The van der Waals surface area contributed by atoms with Gasteiger partial charge in [-0.15, -0.1) is 0 Å². The Bertz CT molecular complexity index is 390. The summed E-state index contributed by atoms with van der Waals surface area (Å²) in [7, 11) is 0. The van der Waals surface area contributed by atoms with Crippen LogP contribution in [0.3, 0.4) is 0 Å². The van der Waals surface area contributed by atoms with E-state index >= 15 is 0 Å². The summed E-state index contributed by atoms with van der Waals surface area (Å²) in [5.74, 6) is -0.522. The molecule has 1 rings (SSSR count). The van der Waals surface area contributed by atoms with E-state index in [9.17, 15) is 9.59 Å². The van der Waals surface area contributed by atoms with Gasteiger partial charge in [0.1, 0.15) is 11.6 Å². The van der Waals surface area contributed by atoms with E-state index in [1.165, 1.54) is 11.8 Å². The number of allylic oxidation sites excluding steroid dienone is 1. The minimum Gasteiger partial charge on any atom is -0.458 e. The van der Waals surface area contributed by atoms with Crippen LogP contribution in [0.5, 0.6) is 0 Å². The van der Waals surface area contributed by atoms with Crippen LogP contribution in [0.25, 0.3) is 0 Å². The molecule has 0 N–H and O–H groups in total. The fourth-order valence-corrected chi connectivity index (χ4v) is 2.17. The molecule has 4 heteroatoms. The standard InChI is InChI=1S/C14H23NO3/c1-9-14(6,7)8-11(15(9)10(2)16)12(17)18-13(3,4)5/h11H,1,8H2,2-7H3/t11-/m0/s1. The maximum Gasteiger partial charge on any atom is 0.329 e. The number of amides is 1. The number of hydrogen-bond acceptors (Lipinski definition) is 3. The monoisotopic (exact) mass is 253 g/mol. The molecular formula is C14H23NO3. The molecule has 4 nitrogen and oxygen atoms in total. The van der Waals surface area contributed by atoms with Gasteiger partial charge in [0.05, 0.1) is 0 Å². The third-order valence-electron chi connectivity index (χ3n) is 3.11. The Morgan fingerprint density at radius 1 is 1.39 bits per heavy atom. The molecule has 0 radical (unpaired) electrons. The van der Waals surface area contributed by atoms with Crippen molar-refractivity contribution < 1.29 is 14.3 Å². The summed E-state index contributed by atoms with van der Waals surface area (Å²) in [5.41, 5.74) is -0.119. The molecule has 0 unspecified atom stereocenters. The Morgan fingerprint density at radius 3 is 2.28 bits per heavy atom. The van der Waals surface area contributed by atoms with Gasteiger partial charge in [0.25, 0.3) is 0 Å². The number of hydrogen-bond donors (Lipinski definition) is 0. The molecule has 0 bridgehead atoms. The molecule has 0 aromatic rings. The lowest BCUT2D eigenvalue weighted by molar-refractivity contribution is -0.162. The highest BCUT2D eigenvalue weighted by Crippen LogP contribution is 2.43. The molecule has 102 valence electrons. The normalized spacial score (nSPS) is 23.1. The Kier molecular flexibility index (Phi) is 3.61. The molecule has 0 spiro atoms. The number of nitrogens with zero attached hydrogens (tertiary/aromatic N) is 1. The minimum atomic E-state index is -0.552. The van der Waals surface area contributed by atoms with Crippen molar-refractivity contribution in [1.82, 2.24) is 4.90 Å². The molecule has 1 fully saturated rings. The lowest BCUT2D eigenvalue weighted by atomic mass is 9.88. The van der Waals surface area contributed by atoms with Crippen LogP contribution >= 0.6 is 0 Å². The molecule has 1 aliphatic rings. The highest BCUT2D eigenvalue weighted by molar-refractivity contribution is 5.86. The quantitative estimate of drug-likeness (QED) is 0.674. The Morgan fingerprint density at radius 2 is 1.89 bits per heavy atom. The van der Waals surface area contributed by atoms with Crippen LogP contribution in [0.4, 0.5) is 0 Å². The molecule has 1 saturated heterocycles. The Labute approximate surface area is 109 Å². The van der Waals surface area contributed by atoms with Crippen LogP contribution in [-0.2, 0) is 14.3 Å². The minimum absolute atomic E-state index is 0.165. The van der Waals surface area contributed by atoms with E-state index in [1.54, 1.807) is 0 Å². The summed E-state index contributed by atoms with van der Waals surface area (Å²) in [6.45, 7) is 14.8. The summed E-state index contributed by atoms with van der Waals surface area (Å²) in [5, 5.41) is 0. The summed E-state index contributed by atoms with van der Waals surface area (Å²) in [6, 6.07) is -0.552. The summed E-state index contributed by atoms with van der Waals surface area (Å²) < 4.78 is 5.37. The first-order valence-electron chi connectivity index (χ1n) is 6.18. The zero-order chi connectivity index (χ0) is 14.3. The average molecular weight is 253 g/mol. The van der Waals surface area contributed by atoms with Crippen LogP contribution in [0, 0.1) is 5.41 Å². The molecule has 0 aliphatic carbocycles.